The van der Waals surface area contributed by atoms with E-state index in [0.717, 1.165) is 51.0 Å². The predicted molar refractivity (Wildman–Crippen MR) is 73.3 cm³/mol. The van der Waals surface area contributed by atoms with Crippen molar-refractivity contribution in [2.75, 3.05) is 39.3 Å². The SMILES string of the molecule is CCC1CN(CC(C)CNCC(C)C)CCO1. The monoisotopic (exact) mass is 242 g/mol. The van der Waals surface area contributed by atoms with Gasteiger partial charge in [0.2, 0.25) is 0 Å². The minimum atomic E-state index is 0.458. The molecule has 1 aliphatic rings. The zero-order chi connectivity index (χ0) is 12.7. The lowest BCUT2D eigenvalue weighted by molar-refractivity contribution is -0.0333. The molecule has 2 atom stereocenters. The van der Waals surface area contributed by atoms with Gasteiger partial charge in [0.15, 0.2) is 0 Å². The lowest BCUT2D eigenvalue weighted by Crippen LogP contribution is -2.45. The van der Waals surface area contributed by atoms with Crippen LogP contribution >= 0.6 is 0 Å². The molecule has 1 rings (SSSR count). The van der Waals surface area contributed by atoms with Gasteiger partial charge < -0.3 is 10.1 Å². The maximum Gasteiger partial charge on any atom is 0.0700 e. The number of ether oxygens (including phenoxy) is 1. The van der Waals surface area contributed by atoms with Gasteiger partial charge in [-0.25, -0.2) is 0 Å². The molecule has 1 fully saturated rings. The lowest BCUT2D eigenvalue weighted by Gasteiger charge is -2.34. The molecule has 0 bridgehead atoms. The molecule has 0 saturated carbocycles. The first-order valence-electron chi connectivity index (χ1n) is 7.16. The molecule has 0 spiro atoms. The van der Waals surface area contributed by atoms with E-state index in [0.29, 0.717) is 6.10 Å². The largest absolute Gasteiger partial charge is 0.376 e. The Labute approximate surface area is 107 Å². The van der Waals surface area contributed by atoms with E-state index in [2.05, 4.69) is 37.9 Å². The molecular weight excluding hydrogens is 212 g/mol. The summed E-state index contributed by atoms with van der Waals surface area (Å²) in [6.07, 6.45) is 1.59. The fraction of sp³-hybridized carbons (Fsp3) is 1.00. The predicted octanol–water partition coefficient (Wildman–Crippen LogP) is 1.98. The van der Waals surface area contributed by atoms with Gasteiger partial charge in [-0.05, 0) is 31.3 Å². The highest BCUT2D eigenvalue weighted by molar-refractivity contribution is 4.73. The van der Waals surface area contributed by atoms with Crippen LogP contribution in [0.15, 0.2) is 0 Å². The Bertz CT molecular complexity index is 197. The van der Waals surface area contributed by atoms with Gasteiger partial charge in [-0.3, -0.25) is 4.90 Å². The van der Waals surface area contributed by atoms with Gasteiger partial charge in [0.25, 0.3) is 0 Å². The summed E-state index contributed by atoms with van der Waals surface area (Å²) < 4.78 is 5.69. The van der Waals surface area contributed by atoms with Crippen molar-refractivity contribution < 1.29 is 4.74 Å². The third-order valence-corrected chi connectivity index (χ3v) is 3.29. The van der Waals surface area contributed by atoms with Crippen LogP contribution < -0.4 is 5.32 Å². The maximum atomic E-state index is 5.69. The van der Waals surface area contributed by atoms with Crippen LogP contribution in [0.3, 0.4) is 0 Å². The average Bonchev–Trinajstić information content (AvgIpc) is 2.28. The van der Waals surface area contributed by atoms with E-state index in [1.165, 1.54) is 6.54 Å². The standard InChI is InChI=1S/C14H30N2O/c1-5-14-11-16(6-7-17-14)10-13(4)9-15-8-12(2)3/h12-15H,5-11H2,1-4H3. The summed E-state index contributed by atoms with van der Waals surface area (Å²) in [6, 6.07) is 0. The summed E-state index contributed by atoms with van der Waals surface area (Å²) >= 11 is 0. The van der Waals surface area contributed by atoms with Crippen LogP contribution in [0.2, 0.25) is 0 Å². The van der Waals surface area contributed by atoms with Gasteiger partial charge >= 0.3 is 0 Å². The van der Waals surface area contributed by atoms with Gasteiger partial charge in [-0.2, -0.15) is 0 Å². The van der Waals surface area contributed by atoms with Crippen LogP contribution in [0.25, 0.3) is 0 Å². The van der Waals surface area contributed by atoms with E-state index in [1.807, 2.05) is 0 Å². The van der Waals surface area contributed by atoms with Gasteiger partial charge in [-0.1, -0.05) is 27.7 Å². The highest BCUT2D eigenvalue weighted by Crippen LogP contribution is 2.10. The molecule has 1 N–H and O–H groups in total. The summed E-state index contributed by atoms with van der Waals surface area (Å²) in [7, 11) is 0. The van der Waals surface area contributed by atoms with Crippen molar-refractivity contribution in [2.45, 2.75) is 40.2 Å². The molecule has 1 saturated heterocycles. The Kier molecular flexibility index (Phi) is 7.09. The Morgan fingerprint density at radius 3 is 2.71 bits per heavy atom. The quantitative estimate of drug-likeness (QED) is 0.739. The van der Waals surface area contributed by atoms with E-state index in [1.54, 1.807) is 0 Å². The lowest BCUT2D eigenvalue weighted by atomic mass is 10.1. The molecular formula is C14H30N2O. The molecule has 3 heteroatoms. The van der Waals surface area contributed by atoms with Gasteiger partial charge in [0, 0.05) is 19.6 Å². The highest BCUT2D eigenvalue weighted by atomic mass is 16.5. The van der Waals surface area contributed by atoms with Crippen molar-refractivity contribution in [1.82, 2.24) is 10.2 Å². The van der Waals surface area contributed by atoms with Gasteiger partial charge in [-0.15, -0.1) is 0 Å². The van der Waals surface area contributed by atoms with Gasteiger partial charge in [0.1, 0.15) is 0 Å². The third-order valence-electron chi connectivity index (χ3n) is 3.29. The van der Waals surface area contributed by atoms with Crippen molar-refractivity contribution in [3.8, 4) is 0 Å². The smallest absolute Gasteiger partial charge is 0.0700 e. The fourth-order valence-electron chi connectivity index (χ4n) is 2.32. The first kappa shape index (κ1) is 14.9. The van der Waals surface area contributed by atoms with Crippen LogP contribution in [0.4, 0.5) is 0 Å². The fourth-order valence-corrected chi connectivity index (χ4v) is 2.32. The number of hydrogen-bond donors (Lipinski definition) is 1. The summed E-state index contributed by atoms with van der Waals surface area (Å²) in [4.78, 5) is 2.55. The average molecular weight is 242 g/mol. The first-order chi connectivity index (χ1) is 8.11. The zero-order valence-corrected chi connectivity index (χ0v) is 12.0. The molecule has 0 amide bonds. The number of hydrogen-bond acceptors (Lipinski definition) is 3. The molecule has 0 aromatic heterocycles. The van der Waals surface area contributed by atoms with Crippen LogP contribution in [0.5, 0.6) is 0 Å². The molecule has 0 radical (unpaired) electrons. The minimum Gasteiger partial charge on any atom is -0.376 e. The van der Waals surface area contributed by atoms with E-state index in [-0.39, 0.29) is 0 Å². The van der Waals surface area contributed by atoms with Crippen LogP contribution in [0, 0.1) is 11.8 Å². The Hall–Kier alpha value is -0.120. The van der Waals surface area contributed by atoms with Crippen molar-refractivity contribution in [3.05, 3.63) is 0 Å². The van der Waals surface area contributed by atoms with E-state index in [4.69, 9.17) is 4.74 Å². The number of nitrogens with zero attached hydrogens (tertiary/aromatic N) is 1. The molecule has 0 aliphatic carbocycles. The Morgan fingerprint density at radius 2 is 2.06 bits per heavy atom. The molecule has 0 aromatic carbocycles. The summed E-state index contributed by atoms with van der Waals surface area (Å²) in [5.41, 5.74) is 0. The van der Waals surface area contributed by atoms with Crippen molar-refractivity contribution in [3.63, 3.8) is 0 Å². The molecule has 1 aliphatic heterocycles. The number of morpholine rings is 1. The Morgan fingerprint density at radius 1 is 1.29 bits per heavy atom. The topological polar surface area (TPSA) is 24.5 Å². The summed E-state index contributed by atoms with van der Waals surface area (Å²) in [5.74, 6) is 1.47. The number of nitrogens with one attached hydrogen (secondary N) is 1. The summed E-state index contributed by atoms with van der Waals surface area (Å²) in [6.45, 7) is 15.6. The second-order valence-corrected chi connectivity index (χ2v) is 5.82. The minimum absolute atomic E-state index is 0.458. The normalized spacial score (nSPS) is 24.2. The summed E-state index contributed by atoms with van der Waals surface area (Å²) in [5, 5.41) is 3.54. The van der Waals surface area contributed by atoms with Crippen molar-refractivity contribution in [2.24, 2.45) is 11.8 Å². The molecule has 102 valence electrons. The van der Waals surface area contributed by atoms with E-state index in [9.17, 15) is 0 Å². The second-order valence-electron chi connectivity index (χ2n) is 5.82. The van der Waals surface area contributed by atoms with Crippen LogP contribution in [-0.2, 0) is 4.74 Å². The second kappa shape index (κ2) is 8.06. The molecule has 2 unspecified atom stereocenters. The Balaban J connectivity index is 2.14. The molecule has 1 heterocycles. The zero-order valence-electron chi connectivity index (χ0n) is 12.0. The highest BCUT2D eigenvalue weighted by Gasteiger charge is 2.20. The molecule has 0 aromatic rings. The molecule has 3 nitrogen and oxygen atoms in total. The van der Waals surface area contributed by atoms with Crippen LogP contribution in [0.1, 0.15) is 34.1 Å². The first-order valence-corrected chi connectivity index (χ1v) is 7.16. The molecule has 17 heavy (non-hydrogen) atoms. The van der Waals surface area contributed by atoms with E-state index >= 15 is 0 Å². The maximum absolute atomic E-state index is 5.69. The van der Waals surface area contributed by atoms with Gasteiger partial charge in [0.05, 0.1) is 12.7 Å². The van der Waals surface area contributed by atoms with E-state index < -0.39 is 0 Å². The third kappa shape index (κ3) is 6.39. The van der Waals surface area contributed by atoms with Crippen LogP contribution in [-0.4, -0.2) is 50.3 Å². The van der Waals surface area contributed by atoms with Crippen molar-refractivity contribution >= 4 is 0 Å². The van der Waals surface area contributed by atoms with Crippen molar-refractivity contribution in [1.29, 1.82) is 0 Å². The number of rotatable bonds is 7.